The van der Waals surface area contributed by atoms with Gasteiger partial charge in [-0.25, -0.2) is 0 Å². The van der Waals surface area contributed by atoms with E-state index in [1.807, 2.05) is 11.4 Å². The molecule has 2 heterocycles. The van der Waals surface area contributed by atoms with E-state index in [9.17, 15) is 9.59 Å². The SMILES string of the molecule is O=C1CN(Cc2cc(Br)cs2)CC(=O)O1. The second kappa shape index (κ2) is 4.42. The van der Waals surface area contributed by atoms with Crippen molar-refractivity contribution >= 4 is 39.2 Å². The Kier molecular flexibility index (Phi) is 3.18. The maximum atomic E-state index is 11.0. The lowest BCUT2D eigenvalue weighted by atomic mass is 10.3. The van der Waals surface area contributed by atoms with Gasteiger partial charge in [-0.1, -0.05) is 0 Å². The predicted molar refractivity (Wildman–Crippen MR) is 58.4 cm³/mol. The fourth-order valence-corrected chi connectivity index (χ4v) is 2.87. The van der Waals surface area contributed by atoms with Gasteiger partial charge in [-0.2, -0.15) is 0 Å². The van der Waals surface area contributed by atoms with Gasteiger partial charge in [0.2, 0.25) is 0 Å². The Morgan fingerprint density at radius 2 is 2.07 bits per heavy atom. The number of hydrogen-bond acceptors (Lipinski definition) is 5. The molecular formula is C9H8BrNO3S. The quantitative estimate of drug-likeness (QED) is 0.610. The number of morpholine rings is 1. The van der Waals surface area contributed by atoms with Gasteiger partial charge in [0.15, 0.2) is 0 Å². The molecule has 6 heteroatoms. The molecule has 0 aromatic carbocycles. The molecule has 1 aliphatic rings. The summed E-state index contributed by atoms with van der Waals surface area (Å²) in [6.45, 7) is 0.972. The molecule has 2 rings (SSSR count). The molecule has 0 atom stereocenters. The van der Waals surface area contributed by atoms with Gasteiger partial charge in [0, 0.05) is 21.3 Å². The van der Waals surface area contributed by atoms with Crippen LogP contribution >= 0.6 is 27.3 Å². The Bertz CT molecular complexity index is 388. The fourth-order valence-electron chi connectivity index (χ4n) is 1.38. The summed E-state index contributed by atoms with van der Waals surface area (Å²) in [6.07, 6.45) is 0. The Morgan fingerprint density at radius 1 is 1.40 bits per heavy atom. The molecule has 1 aromatic rings. The number of carbonyl (C=O) groups is 2. The average Bonchev–Trinajstić information content (AvgIpc) is 2.49. The van der Waals surface area contributed by atoms with Gasteiger partial charge >= 0.3 is 11.9 Å². The lowest BCUT2D eigenvalue weighted by molar-refractivity contribution is -0.167. The molecule has 1 fully saturated rings. The predicted octanol–water partition coefficient (Wildman–Crippen LogP) is 1.40. The Morgan fingerprint density at radius 3 is 2.60 bits per heavy atom. The smallest absolute Gasteiger partial charge is 0.327 e. The van der Waals surface area contributed by atoms with Crippen molar-refractivity contribution in [2.45, 2.75) is 6.54 Å². The maximum absolute atomic E-state index is 11.0. The number of thiophene rings is 1. The zero-order valence-corrected chi connectivity index (χ0v) is 10.1. The number of esters is 2. The standard InChI is InChI=1S/C9H8BrNO3S/c10-6-1-7(15-5-6)2-11-3-8(12)14-9(13)4-11/h1,5H,2-4H2. The number of ether oxygens (including phenoxy) is 1. The van der Waals surface area contributed by atoms with Crippen LogP contribution in [0.3, 0.4) is 0 Å². The molecule has 0 radical (unpaired) electrons. The van der Waals surface area contributed by atoms with Gasteiger partial charge in [0.1, 0.15) is 0 Å². The molecule has 1 saturated heterocycles. The van der Waals surface area contributed by atoms with Crippen LogP contribution in [-0.4, -0.2) is 29.9 Å². The van der Waals surface area contributed by atoms with Crippen LogP contribution in [0.15, 0.2) is 15.9 Å². The summed E-state index contributed by atoms with van der Waals surface area (Å²) < 4.78 is 5.46. The minimum Gasteiger partial charge on any atom is -0.391 e. The molecule has 0 amide bonds. The normalized spacial score (nSPS) is 17.9. The van der Waals surface area contributed by atoms with E-state index in [-0.39, 0.29) is 13.1 Å². The highest BCUT2D eigenvalue weighted by Crippen LogP contribution is 2.21. The summed E-state index contributed by atoms with van der Waals surface area (Å²) in [7, 11) is 0. The molecule has 4 nitrogen and oxygen atoms in total. The van der Waals surface area contributed by atoms with Crippen LogP contribution in [0.25, 0.3) is 0 Å². The minimum absolute atomic E-state index is 0.182. The lowest BCUT2D eigenvalue weighted by Gasteiger charge is -2.23. The first kappa shape index (κ1) is 10.8. The van der Waals surface area contributed by atoms with Crippen molar-refractivity contribution in [1.82, 2.24) is 4.90 Å². The van der Waals surface area contributed by atoms with Gasteiger partial charge in [-0.3, -0.25) is 14.5 Å². The van der Waals surface area contributed by atoms with E-state index < -0.39 is 11.9 Å². The Labute approximate surface area is 99.0 Å². The Balaban J connectivity index is 2.00. The first-order valence-electron chi connectivity index (χ1n) is 4.32. The molecule has 80 valence electrons. The number of cyclic esters (lactones) is 2. The fraction of sp³-hybridized carbons (Fsp3) is 0.333. The van der Waals surface area contributed by atoms with Crippen molar-refractivity contribution in [3.8, 4) is 0 Å². The minimum atomic E-state index is -0.470. The number of nitrogens with zero attached hydrogens (tertiary/aromatic N) is 1. The molecule has 1 aromatic heterocycles. The van der Waals surface area contributed by atoms with Crippen molar-refractivity contribution in [3.05, 3.63) is 20.8 Å². The topological polar surface area (TPSA) is 46.6 Å². The van der Waals surface area contributed by atoms with E-state index in [4.69, 9.17) is 0 Å². The molecular weight excluding hydrogens is 282 g/mol. The maximum Gasteiger partial charge on any atom is 0.327 e. The summed E-state index contributed by atoms with van der Waals surface area (Å²) in [5.74, 6) is -0.941. The second-order valence-electron chi connectivity index (χ2n) is 3.22. The molecule has 0 aliphatic carbocycles. The van der Waals surface area contributed by atoms with Crippen LogP contribution in [0.4, 0.5) is 0 Å². The van der Waals surface area contributed by atoms with Gasteiger partial charge in [0.05, 0.1) is 13.1 Å². The van der Waals surface area contributed by atoms with Gasteiger partial charge in [-0.15, -0.1) is 11.3 Å². The summed E-state index contributed by atoms with van der Waals surface area (Å²) in [5, 5.41) is 1.97. The monoisotopic (exact) mass is 289 g/mol. The van der Waals surface area contributed by atoms with Crippen LogP contribution in [0.1, 0.15) is 4.88 Å². The van der Waals surface area contributed by atoms with Gasteiger partial charge < -0.3 is 4.74 Å². The third-order valence-corrected chi connectivity index (χ3v) is 3.62. The van der Waals surface area contributed by atoms with Crippen molar-refractivity contribution in [1.29, 1.82) is 0 Å². The van der Waals surface area contributed by atoms with Gasteiger partial charge in [0.25, 0.3) is 0 Å². The average molecular weight is 290 g/mol. The van der Waals surface area contributed by atoms with Crippen LogP contribution in [0.2, 0.25) is 0 Å². The highest BCUT2D eigenvalue weighted by atomic mass is 79.9. The summed E-state index contributed by atoms with van der Waals surface area (Å²) in [6, 6.07) is 1.98. The Hall–Kier alpha value is -0.720. The first-order valence-corrected chi connectivity index (χ1v) is 5.99. The van der Waals surface area contributed by atoms with Crippen molar-refractivity contribution in [3.63, 3.8) is 0 Å². The van der Waals surface area contributed by atoms with Crippen LogP contribution in [-0.2, 0) is 20.9 Å². The van der Waals surface area contributed by atoms with Crippen molar-refractivity contribution in [2.24, 2.45) is 0 Å². The van der Waals surface area contributed by atoms with Crippen LogP contribution in [0.5, 0.6) is 0 Å². The molecule has 0 N–H and O–H groups in total. The zero-order valence-electron chi connectivity index (χ0n) is 7.73. The van der Waals surface area contributed by atoms with Gasteiger partial charge in [-0.05, 0) is 22.0 Å². The van der Waals surface area contributed by atoms with Crippen molar-refractivity contribution < 1.29 is 14.3 Å². The third kappa shape index (κ3) is 2.87. The van der Waals surface area contributed by atoms with E-state index >= 15 is 0 Å². The molecule has 1 aliphatic heterocycles. The summed E-state index contributed by atoms with van der Waals surface area (Å²) in [5.41, 5.74) is 0. The highest BCUT2D eigenvalue weighted by Gasteiger charge is 2.24. The molecule has 0 unspecified atom stereocenters. The van der Waals surface area contributed by atoms with E-state index in [2.05, 4.69) is 20.7 Å². The summed E-state index contributed by atoms with van der Waals surface area (Å²) in [4.78, 5) is 24.9. The molecule has 0 saturated carbocycles. The van der Waals surface area contributed by atoms with E-state index in [0.29, 0.717) is 6.54 Å². The number of carbonyl (C=O) groups excluding carboxylic acids is 2. The number of halogens is 1. The van der Waals surface area contributed by atoms with E-state index in [0.717, 1.165) is 9.35 Å². The molecule has 0 spiro atoms. The third-order valence-electron chi connectivity index (χ3n) is 1.93. The summed E-state index contributed by atoms with van der Waals surface area (Å²) >= 11 is 4.95. The molecule has 15 heavy (non-hydrogen) atoms. The largest absolute Gasteiger partial charge is 0.391 e. The second-order valence-corrected chi connectivity index (χ2v) is 5.13. The number of hydrogen-bond donors (Lipinski definition) is 0. The van der Waals surface area contributed by atoms with Crippen LogP contribution in [0, 0.1) is 0 Å². The van der Waals surface area contributed by atoms with Crippen molar-refractivity contribution in [2.75, 3.05) is 13.1 Å². The molecule has 0 bridgehead atoms. The lowest BCUT2D eigenvalue weighted by Crippen LogP contribution is -2.42. The highest BCUT2D eigenvalue weighted by molar-refractivity contribution is 9.10. The van der Waals surface area contributed by atoms with E-state index in [1.54, 1.807) is 16.2 Å². The number of rotatable bonds is 2. The zero-order chi connectivity index (χ0) is 10.8. The van der Waals surface area contributed by atoms with Crippen LogP contribution < -0.4 is 0 Å². The first-order chi connectivity index (χ1) is 7.13. The van der Waals surface area contributed by atoms with E-state index in [1.165, 1.54) is 0 Å².